The van der Waals surface area contributed by atoms with Gasteiger partial charge in [0.15, 0.2) is 0 Å². The second kappa shape index (κ2) is 5.39. The van der Waals surface area contributed by atoms with Crippen molar-refractivity contribution >= 4 is 10.9 Å². The first-order valence-corrected chi connectivity index (χ1v) is 7.19. The third kappa shape index (κ3) is 2.49. The molecule has 0 spiro atoms. The van der Waals surface area contributed by atoms with E-state index < -0.39 is 17.3 Å². The van der Waals surface area contributed by atoms with E-state index >= 15 is 0 Å². The molecular weight excluding hydrogens is 295 g/mol. The van der Waals surface area contributed by atoms with Crippen LogP contribution in [0.4, 0.5) is 13.2 Å². The number of hydrogen-bond donors (Lipinski definition) is 1. The summed E-state index contributed by atoms with van der Waals surface area (Å²) in [5.41, 5.74) is -1.43. The summed E-state index contributed by atoms with van der Waals surface area (Å²) in [6, 6.07) is 3.51. The van der Waals surface area contributed by atoms with Crippen molar-refractivity contribution in [3.63, 3.8) is 0 Å². The molecule has 0 saturated carbocycles. The van der Waals surface area contributed by atoms with Crippen LogP contribution in [0.1, 0.15) is 30.3 Å². The number of benzene rings is 1. The molecule has 0 radical (unpaired) electrons. The normalized spacial score (nSPS) is 19.5. The molecular formula is C15H16F3N3O. The zero-order chi connectivity index (χ0) is 15.9. The van der Waals surface area contributed by atoms with Crippen LogP contribution >= 0.6 is 0 Å². The zero-order valence-electron chi connectivity index (χ0n) is 12.1. The summed E-state index contributed by atoms with van der Waals surface area (Å²) in [5, 5.41) is 2.83. The maximum Gasteiger partial charge on any atom is 0.417 e. The van der Waals surface area contributed by atoms with Crippen molar-refractivity contribution in [3.8, 4) is 0 Å². The zero-order valence-corrected chi connectivity index (χ0v) is 12.1. The average molecular weight is 311 g/mol. The van der Waals surface area contributed by atoms with Crippen LogP contribution in [0.25, 0.3) is 10.9 Å². The van der Waals surface area contributed by atoms with Crippen LogP contribution in [-0.4, -0.2) is 22.6 Å². The third-order valence-corrected chi connectivity index (χ3v) is 4.05. The lowest BCUT2D eigenvalue weighted by atomic mass is 10.1. The van der Waals surface area contributed by atoms with Crippen LogP contribution in [0.3, 0.4) is 0 Å². The second-order valence-electron chi connectivity index (χ2n) is 5.53. The highest BCUT2D eigenvalue weighted by molar-refractivity contribution is 5.82. The largest absolute Gasteiger partial charge is 0.417 e. The molecule has 1 N–H and O–H groups in total. The molecule has 22 heavy (non-hydrogen) atoms. The fourth-order valence-corrected chi connectivity index (χ4v) is 3.07. The maximum atomic E-state index is 13.2. The second-order valence-corrected chi connectivity index (χ2v) is 5.53. The van der Waals surface area contributed by atoms with E-state index in [1.54, 1.807) is 6.92 Å². The third-order valence-electron chi connectivity index (χ3n) is 4.05. The lowest BCUT2D eigenvalue weighted by molar-refractivity contribution is -0.136. The minimum atomic E-state index is -4.57. The minimum absolute atomic E-state index is 0.0948. The van der Waals surface area contributed by atoms with Crippen molar-refractivity contribution in [3.05, 3.63) is 39.9 Å². The van der Waals surface area contributed by atoms with Crippen molar-refractivity contribution in [2.75, 3.05) is 13.1 Å². The van der Waals surface area contributed by atoms with Crippen LogP contribution in [0.2, 0.25) is 0 Å². The van der Waals surface area contributed by atoms with E-state index in [1.165, 1.54) is 16.7 Å². The van der Waals surface area contributed by atoms with Gasteiger partial charge in [0, 0.05) is 6.54 Å². The fraction of sp³-hybridized carbons (Fsp3) is 0.467. The molecule has 1 aromatic heterocycles. The van der Waals surface area contributed by atoms with Gasteiger partial charge in [0.25, 0.3) is 5.56 Å². The van der Waals surface area contributed by atoms with Gasteiger partial charge in [-0.3, -0.25) is 9.36 Å². The first kappa shape index (κ1) is 15.0. The van der Waals surface area contributed by atoms with Gasteiger partial charge in [-0.05, 0) is 38.4 Å². The molecule has 118 valence electrons. The van der Waals surface area contributed by atoms with E-state index in [2.05, 4.69) is 10.3 Å². The summed E-state index contributed by atoms with van der Waals surface area (Å²) in [5.74, 6) is 0.450. The van der Waals surface area contributed by atoms with E-state index in [-0.39, 0.29) is 16.9 Å². The van der Waals surface area contributed by atoms with Gasteiger partial charge in [0.1, 0.15) is 5.82 Å². The smallest absolute Gasteiger partial charge is 0.315 e. The van der Waals surface area contributed by atoms with Gasteiger partial charge in [-0.15, -0.1) is 0 Å². The van der Waals surface area contributed by atoms with E-state index in [0.29, 0.717) is 12.4 Å². The molecule has 0 bridgehead atoms. The number of piperidine rings is 1. The highest BCUT2D eigenvalue weighted by Gasteiger charge is 2.34. The van der Waals surface area contributed by atoms with Gasteiger partial charge in [0.2, 0.25) is 0 Å². The van der Waals surface area contributed by atoms with E-state index in [0.717, 1.165) is 25.5 Å². The van der Waals surface area contributed by atoms with Gasteiger partial charge in [0.05, 0.1) is 22.5 Å². The fourth-order valence-electron chi connectivity index (χ4n) is 3.07. The number of halogens is 3. The van der Waals surface area contributed by atoms with Crippen molar-refractivity contribution < 1.29 is 13.2 Å². The predicted molar refractivity (Wildman–Crippen MR) is 76.9 cm³/mol. The Hall–Kier alpha value is -1.89. The summed E-state index contributed by atoms with van der Waals surface area (Å²) in [4.78, 5) is 16.9. The van der Waals surface area contributed by atoms with Gasteiger partial charge in [-0.2, -0.15) is 13.2 Å². The Kier molecular flexibility index (Phi) is 3.68. The molecule has 0 amide bonds. The molecule has 1 atom stereocenters. The molecule has 1 fully saturated rings. The van der Waals surface area contributed by atoms with E-state index in [9.17, 15) is 18.0 Å². The SMILES string of the molecule is Cc1nc2cccc(C(F)(F)F)c2c(=O)n1C1CCCNC1. The number of aryl methyl sites for hydroxylation is 1. The molecule has 1 saturated heterocycles. The molecule has 0 aliphatic carbocycles. The monoisotopic (exact) mass is 311 g/mol. The Morgan fingerprint density at radius 3 is 2.77 bits per heavy atom. The molecule has 3 rings (SSSR count). The molecule has 1 aromatic carbocycles. The van der Waals surface area contributed by atoms with Crippen molar-refractivity contribution in [2.24, 2.45) is 0 Å². The lowest BCUT2D eigenvalue weighted by Gasteiger charge is -2.26. The maximum absolute atomic E-state index is 13.2. The first-order valence-electron chi connectivity index (χ1n) is 7.19. The van der Waals surface area contributed by atoms with Crippen LogP contribution in [0, 0.1) is 6.92 Å². The molecule has 4 nitrogen and oxygen atoms in total. The number of fused-ring (bicyclic) bond motifs is 1. The van der Waals surface area contributed by atoms with Crippen molar-refractivity contribution in [2.45, 2.75) is 32.0 Å². The number of rotatable bonds is 1. The molecule has 1 unspecified atom stereocenters. The number of nitrogens with one attached hydrogen (secondary N) is 1. The van der Waals surface area contributed by atoms with Gasteiger partial charge in [-0.25, -0.2) is 4.98 Å². The predicted octanol–water partition coefficient (Wildman–Crippen LogP) is 2.65. The van der Waals surface area contributed by atoms with E-state index in [1.807, 2.05) is 0 Å². The van der Waals surface area contributed by atoms with Crippen LogP contribution in [0.15, 0.2) is 23.0 Å². The Bertz CT molecular complexity index is 761. The lowest BCUT2D eigenvalue weighted by Crippen LogP contribution is -2.38. The molecule has 2 aromatic rings. The quantitative estimate of drug-likeness (QED) is 0.881. The van der Waals surface area contributed by atoms with Crippen molar-refractivity contribution in [1.82, 2.24) is 14.9 Å². The Balaban J connectivity index is 2.28. The topological polar surface area (TPSA) is 46.9 Å². The summed E-state index contributed by atoms with van der Waals surface area (Å²) in [6.07, 6.45) is -2.93. The molecule has 2 heterocycles. The Morgan fingerprint density at radius 1 is 1.36 bits per heavy atom. The number of hydrogen-bond acceptors (Lipinski definition) is 3. The summed E-state index contributed by atoms with van der Waals surface area (Å²) < 4.78 is 41.0. The Labute approximate surface area is 125 Å². The summed E-state index contributed by atoms with van der Waals surface area (Å²) in [7, 11) is 0. The number of nitrogens with zero attached hydrogens (tertiary/aromatic N) is 2. The Morgan fingerprint density at radius 2 is 2.14 bits per heavy atom. The van der Waals surface area contributed by atoms with Crippen LogP contribution in [0.5, 0.6) is 0 Å². The summed E-state index contributed by atoms with van der Waals surface area (Å²) in [6.45, 7) is 3.09. The number of aromatic nitrogens is 2. The molecule has 7 heteroatoms. The minimum Gasteiger partial charge on any atom is -0.315 e. The molecule has 1 aliphatic rings. The van der Waals surface area contributed by atoms with Gasteiger partial charge >= 0.3 is 6.18 Å². The number of alkyl halides is 3. The van der Waals surface area contributed by atoms with E-state index in [4.69, 9.17) is 0 Å². The molecule has 1 aliphatic heterocycles. The van der Waals surface area contributed by atoms with Crippen molar-refractivity contribution in [1.29, 1.82) is 0 Å². The standard InChI is InChI=1S/C15H16F3N3O/c1-9-20-12-6-2-5-11(15(16,17)18)13(12)14(22)21(9)10-4-3-7-19-8-10/h2,5-6,10,19H,3-4,7-8H2,1H3. The highest BCUT2D eigenvalue weighted by atomic mass is 19.4. The van der Waals surface area contributed by atoms with Gasteiger partial charge < -0.3 is 5.32 Å². The first-order chi connectivity index (χ1) is 10.4. The average Bonchev–Trinajstić information content (AvgIpc) is 2.46. The van der Waals surface area contributed by atoms with Crippen LogP contribution < -0.4 is 10.9 Å². The van der Waals surface area contributed by atoms with Gasteiger partial charge in [-0.1, -0.05) is 6.07 Å². The highest BCUT2D eigenvalue weighted by Crippen LogP contribution is 2.33. The summed E-state index contributed by atoms with van der Waals surface area (Å²) >= 11 is 0. The van der Waals surface area contributed by atoms with Crippen LogP contribution in [-0.2, 0) is 6.18 Å².